The lowest BCUT2D eigenvalue weighted by atomic mass is 10.1. The summed E-state index contributed by atoms with van der Waals surface area (Å²) in [6, 6.07) is 2.00. The number of thiophene rings is 1. The van der Waals surface area contributed by atoms with E-state index >= 15 is 0 Å². The van der Waals surface area contributed by atoms with Gasteiger partial charge < -0.3 is 9.67 Å². The van der Waals surface area contributed by atoms with Crippen molar-refractivity contribution in [3.05, 3.63) is 34.5 Å². The van der Waals surface area contributed by atoms with Crippen molar-refractivity contribution in [1.29, 1.82) is 0 Å². The molecule has 0 amide bonds. The fraction of sp³-hybridized carbons (Fsp3) is 0.333. The van der Waals surface area contributed by atoms with Crippen LogP contribution in [0.5, 0.6) is 0 Å². The first-order chi connectivity index (χ1) is 6.77. The summed E-state index contributed by atoms with van der Waals surface area (Å²) in [4.78, 5) is 0. The van der Waals surface area contributed by atoms with E-state index in [2.05, 4.69) is 10.2 Å². The van der Waals surface area contributed by atoms with Crippen molar-refractivity contribution in [3.8, 4) is 0 Å². The molecular formula is C9H11N3OS. The summed E-state index contributed by atoms with van der Waals surface area (Å²) in [6.45, 7) is 0. The largest absolute Gasteiger partial charge is 0.385 e. The van der Waals surface area contributed by atoms with Crippen molar-refractivity contribution >= 4 is 11.3 Å². The highest BCUT2D eigenvalue weighted by atomic mass is 32.1. The molecule has 5 heteroatoms. The number of aryl methyl sites for hydroxylation is 1. The van der Waals surface area contributed by atoms with Crippen LogP contribution < -0.4 is 0 Å². The fourth-order valence-corrected chi connectivity index (χ4v) is 2.00. The van der Waals surface area contributed by atoms with E-state index in [-0.39, 0.29) is 0 Å². The minimum absolute atomic E-state index is 0.572. The second kappa shape index (κ2) is 3.89. The summed E-state index contributed by atoms with van der Waals surface area (Å²) in [5.74, 6) is 0.608. The number of hydrogen-bond acceptors (Lipinski definition) is 4. The standard InChI is InChI=1S/C9H11N3OS/c1-12-6-10-11-9(12)8(13)4-7-2-3-14-5-7/h2-3,5-6,8,13H,4H2,1H3. The fourth-order valence-electron chi connectivity index (χ4n) is 1.32. The van der Waals surface area contributed by atoms with Crippen molar-refractivity contribution < 1.29 is 5.11 Å². The van der Waals surface area contributed by atoms with Gasteiger partial charge in [0.15, 0.2) is 5.82 Å². The molecule has 0 saturated carbocycles. The highest BCUT2D eigenvalue weighted by Gasteiger charge is 2.13. The SMILES string of the molecule is Cn1cnnc1C(O)Cc1ccsc1. The van der Waals surface area contributed by atoms with Gasteiger partial charge in [0.2, 0.25) is 0 Å². The molecule has 14 heavy (non-hydrogen) atoms. The van der Waals surface area contributed by atoms with Gasteiger partial charge in [-0.2, -0.15) is 11.3 Å². The first-order valence-electron chi connectivity index (χ1n) is 4.30. The number of rotatable bonds is 3. The van der Waals surface area contributed by atoms with Gasteiger partial charge in [0, 0.05) is 13.5 Å². The molecule has 1 N–H and O–H groups in total. The molecule has 4 nitrogen and oxygen atoms in total. The van der Waals surface area contributed by atoms with Crippen LogP contribution in [0, 0.1) is 0 Å². The normalized spacial score (nSPS) is 13.0. The number of nitrogens with zero attached hydrogens (tertiary/aromatic N) is 3. The second-order valence-corrected chi connectivity index (χ2v) is 3.93. The third-order valence-corrected chi connectivity index (χ3v) is 2.79. The van der Waals surface area contributed by atoms with Crippen molar-refractivity contribution in [2.24, 2.45) is 7.05 Å². The van der Waals surface area contributed by atoms with E-state index in [1.165, 1.54) is 0 Å². The topological polar surface area (TPSA) is 50.9 Å². The van der Waals surface area contributed by atoms with Crippen LogP contribution in [0.3, 0.4) is 0 Å². The lowest BCUT2D eigenvalue weighted by Gasteiger charge is -2.07. The zero-order chi connectivity index (χ0) is 9.97. The van der Waals surface area contributed by atoms with Crippen LogP contribution in [0.4, 0.5) is 0 Å². The summed E-state index contributed by atoms with van der Waals surface area (Å²) >= 11 is 1.63. The van der Waals surface area contributed by atoms with E-state index in [4.69, 9.17) is 0 Å². The Hall–Kier alpha value is -1.20. The number of aromatic nitrogens is 3. The minimum Gasteiger partial charge on any atom is -0.385 e. The van der Waals surface area contributed by atoms with Crippen LogP contribution in [-0.2, 0) is 13.5 Å². The predicted molar refractivity (Wildman–Crippen MR) is 54.0 cm³/mol. The van der Waals surface area contributed by atoms with Gasteiger partial charge in [-0.1, -0.05) is 0 Å². The quantitative estimate of drug-likeness (QED) is 0.825. The van der Waals surface area contributed by atoms with Crippen LogP contribution in [0.15, 0.2) is 23.2 Å². The number of hydrogen-bond donors (Lipinski definition) is 1. The number of aliphatic hydroxyl groups is 1. The molecule has 2 rings (SSSR count). The van der Waals surface area contributed by atoms with E-state index in [1.54, 1.807) is 22.2 Å². The van der Waals surface area contributed by atoms with Gasteiger partial charge in [-0.25, -0.2) is 0 Å². The average molecular weight is 209 g/mol. The Morgan fingerprint density at radius 1 is 1.64 bits per heavy atom. The molecule has 0 aliphatic heterocycles. The van der Waals surface area contributed by atoms with Crippen LogP contribution >= 0.6 is 11.3 Å². The molecule has 0 aromatic carbocycles. The first kappa shape index (κ1) is 9.36. The molecule has 0 saturated heterocycles. The maximum atomic E-state index is 9.84. The zero-order valence-corrected chi connectivity index (χ0v) is 8.61. The molecule has 0 aliphatic rings. The lowest BCUT2D eigenvalue weighted by Crippen LogP contribution is -2.07. The van der Waals surface area contributed by atoms with Gasteiger partial charge in [-0.05, 0) is 22.4 Å². The van der Waals surface area contributed by atoms with Crippen molar-refractivity contribution in [3.63, 3.8) is 0 Å². The van der Waals surface area contributed by atoms with Crippen LogP contribution in [0.25, 0.3) is 0 Å². The molecular weight excluding hydrogens is 198 g/mol. The summed E-state index contributed by atoms with van der Waals surface area (Å²) in [5.41, 5.74) is 1.13. The van der Waals surface area contributed by atoms with Gasteiger partial charge >= 0.3 is 0 Å². The Morgan fingerprint density at radius 3 is 3.07 bits per heavy atom. The molecule has 0 aliphatic carbocycles. The smallest absolute Gasteiger partial charge is 0.161 e. The highest BCUT2D eigenvalue weighted by molar-refractivity contribution is 7.07. The number of aliphatic hydroxyl groups excluding tert-OH is 1. The van der Waals surface area contributed by atoms with E-state index in [0.29, 0.717) is 12.2 Å². The van der Waals surface area contributed by atoms with Gasteiger partial charge in [-0.15, -0.1) is 10.2 Å². The lowest BCUT2D eigenvalue weighted by molar-refractivity contribution is 0.164. The van der Waals surface area contributed by atoms with Gasteiger partial charge in [-0.3, -0.25) is 0 Å². The molecule has 0 fully saturated rings. The molecule has 2 heterocycles. The predicted octanol–water partition coefficient (Wildman–Crippen LogP) is 1.15. The zero-order valence-electron chi connectivity index (χ0n) is 7.79. The van der Waals surface area contributed by atoms with Gasteiger partial charge in [0.05, 0.1) is 0 Å². The van der Waals surface area contributed by atoms with E-state index < -0.39 is 6.10 Å². The van der Waals surface area contributed by atoms with Crippen molar-refractivity contribution in [1.82, 2.24) is 14.8 Å². The molecule has 2 aromatic rings. The van der Waals surface area contributed by atoms with Gasteiger partial charge in [0.1, 0.15) is 12.4 Å². The maximum Gasteiger partial charge on any atom is 0.161 e. The third-order valence-electron chi connectivity index (χ3n) is 2.05. The molecule has 0 spiro atoms. The first-order valence-corrected chi connectivity index (χ1v) is 5.24. The van der Waals surface area contributed by atoms with E-state index in [9.17, 15) is 5.11 Å². The Labute approximate surface area is 85.8 Å². The Morgan fingerprint density at radius 2 is 2.50 bits per heavy atom. The molecule has 2 aromatic heterocycles. The van der Waals surface area contributed by atoms with E-state index in [0.717, 1.165) is 5.56 Å². The monoisotopic (exact) mass is 209 g/mol. The average Bonchev–Trinajstić information content (AvgIpc) is 2.75. The highest BCUT2D eigenvalue weighted by Crippen LogP contribution is 2.17. The van der Waals surface area contributed by atoms with Crippen LogP contribution in [-0.4, -0.2) is 19.9 Å². The van der Waals surface area contributed by atoms with Crippen molar-refractivity contribution in [2.75, 3.05) is 0 Å². The molecule has 1 unspecified atom stereocenters. The molecule has 0 bridgehead atoms. The third kappa shape index (κ3) is 1.83. The Bertz CT molecular complexity index is 396. The van der Waals surface area contributed by atoms with Crippen LogP contribution in [0.1, 0.15) is 17.5 Å². The summed E-state index contributed by atoms with van der Waals surface area (Å²) < 4.78 is 1.73. The van der Waals surface area contributed by atoms with Crippen molar-refractivity contribution in [2.45, 2.75) is 12.5 Å². The van der Waals surface area contributed by atoms with E-state index in [1.807, 2.05) is 23.9 Å². The molecule has 74 valence electrons. The Balaban J connectivity index is 2.10. The summed E-state index contributed by atoms with van der Waals surface area (Å²) in [7, 11) is 1.83. The Kier molecular flexibility index (Phi) is 2.60. The van der Waals surface area contributed by atoms with Crippen LogP contribution in [0.2, 0.25) is 0 Å². The summed E-state index contributed by atoms with van der Waals surface area (Å²) in [5, 5.41) is 21.5. The van der Waals surface area contributed by atoms with Gasteiger partial charge in [0.25, 0.3) is 0 Å². The minimum atomic E-state index is -0.572. The summed E-state index contributed by atoms with van der Waals surface area (Å²) in [6.07, 6.45) is 1.61. The molecule has 0 radical (unpaired) electrons. The second-order valence-electron chi connectivity index (χ2n) is 3.15. The maximum absolute atomic E-state index is 9.84. The molecule has 1 atom stereocenters.